The van der Waals surface area contributed by atoms with E-state index in [4.69, 9.17) is 9.47 Å². The third kappa shape index (κ3) is 5.56. The summed E-state index contributed by atoms with van der Waals surface area (Å²) in [7, 11) is -3.57. The normalized spacial score (nSPS) is 21.5. The number of likely N-dealkylation sites (tertiary alicyclic amines) is 1. The van der Waals surface area contributed by atoms with Crippen molar-refractivity contribution < 1.29 is 27.1 Å². The Morgan fingerprint density at radius 3 is 2.50 bits per heavy atom. The van der Waals surface area contributed by atoms with Gasteiger partial charge in [0.1, 0.15) is 22.6 Å². The zero-order valence-corrected chi connectivity index (χ0v) is 19.7. The molecule has 0 bridgehead atoms. The van der Waals surface area contributed by atoms with Gasteiger partial charge in [0.2, 0.25) is 0 Å². The van der Waals surface area contributed by atoms with Crippen LogP contribution in [0.4, 0.5) is 9.18 Å². The number of ether oxygens (including phenoxy) is 2. The molecule has 2 saturated carbocycles. The van der Waals surface area contributed by atoms with E-state index in [9.17, 15) is 17.6 Å². The van der Waals surface area contributed by atoms with Crippen molar-refractivity contribution in [1.82, 2.24) is 4.90 Å². The van der Waals surface area contributed by atoms with Gasteiger partial charge in [0.05, 0.1) is 6.61 Å². The van der Waals surface area contributed by atoms with Crippen LogP contribution in [0, 0.1) is 17.2 Å². The molecule has 8 heteroatoms. The maximum absolute atomic E-state index is 13.9. The van der Waals surface area contributed by atoms with E-state index in [-0.39, 0.29) is 17.1 Å². The van der Waals surface area contributed by atoms with E-state index in [0.717, 1.165) is 63.9 Å². The first-order valence-corrected chi connectivity index (χ1v) is 13.7. The molecule has 32 heavy (non-hydrogen) atoms. The third-order valence-electron chi connectivity index (χ3n) is 7.42. The van der Waals surface area contributed by atoms with Gasteiger partial charge in [-0.05, 0) is 87.7 Å². The molecule has 3 aliphatic rings. The third-order valence-corrected chi connectivity index (χ3v) is 8.55. The van der Waals surface area contributed by atoms with Crippen molar-refractivity contribution in [2.24, 2.45) is 11.3 Å². The number of carbonyl (C=O) groups is 1. The number of carbonyl (C=O) groups excluding carboxylic acids is 1. The summed E-state index contributed by atoms with van der Waals surface area (Å²) in [4.78, 5) is 13.9. The highest BCUT2D eigenvalue weighted by Gasteiger charge is 2.46. The quantitative estimate of drug-likeness (QED) is 0.530. The largest absolute Gasteiger partial charge is 0.493 e. The predicted octanol–water partition coefficient (Wildman–Crippen LogP) is 4.96. The molecule has 178 valence electrons. The van der Waals surface area contributed by atoms with Gasteiger partial charge in [-0.1, -0.05) is 0 Å². The van der Waals surface area contributed by atoms with Crippen LogP contribution < -0.4 is 4.74 Å². The molecule has 1 aromatic carbocycles. The Bertz CT molecular complexity index is 912. The maximum atomic E-state index is 13.9. The number of nitrogens with zero attached hydrogens (tertiary/aromatic N) is 1. The SMILES string of the molecule is CS(=O)(=O)c1ccc(OCCCC2CC3(CCN(C(=O)OC4CCCC4)CC3)C2)cc1F. The number of hydrogen-bond donors (Lipinski definition) is 0. The molecule has 1 aliphatic heterocycles. The van der Waals surface area contributed by atoms with Crippen LogP contribution in [-0.4, -0.2) is 51.5 Å². The van der Waals surface area contributed by atoms with Crippen molar-refractivity contribution in [3.8, 4) is 5.75 Å². The topological polar surface area (TPSA) is 72.9 Å². The Balaban J connectivity index is 1.12. The highest BCUT2D eigenvalue weighted by atomic mass is 32.2. The smallest absolute Gasteiger partial charge is 0.410 e. The van der Waals surface area contributed by atoms with Crippen molar-refractivity contribution in [2.45, 2.75) is 75.2 Å². The summed E-state index contributed by atoms with van der Waals surface area (Å²) in [6.07, 6.45) is 11.8. The molecule has 0 aromatic heterocycles. The first-order valence-electron chi connectivity index (χ1n) is 11.8. The summed E-state index contributed by atoms with van der Waals surface area (Å²) >= 11 is 0. The fourth-order valence-corrected chi connectivity index (χ4v) is 6.33. The first-order chi connectivity index (χ1) is 15.2. The van der Waals surface area contributed by atoms with E-state index < -0.39 is 15.7 Å². The van der Waals surface area contributed by atoms with E-state index in [1.165, 1.54) is 37.8 Å². The summed E-state index contributed by atoms with van der Waals surface area (Å²) in [5.74, 6) is 0.265. The van der Waals surface area contributed by atoms with Crippen molar-refractivity contribution in [2.75, 3.05) is 26.0 Å². The molecule has 1 heterocycles. The lowest BCUT2D eigenvalue weighted by molar-refractivity contribution is -0.0218. The fraction of sp³-hybridized carbons (Fsp3) is 0.708. The van der Waals surface area contributed by atoms with Crippen molar-refractivity contribution in [1.29, 1.82) is 0 Å². The second kappa shape index (κ2) is 9.57. The van der Waals surface area contributed by atoms with Gasteiger partial charge in [0.15, 0.2) is 9.84 Å². The Labute approximate surface area is 190 Å². The number of amides is 1. The van der Waals surface area contributed by atoms with Crippen LogP contribution >= 0.6 is 0 Å². The van der Waals surface area contributed by atoms with Crippen LogP contribution in [0.25, 0.3) is 0 Å². The fourth-order valence-electron chi connectivity index (χ4n) is 5.60. The number of benzene rings is 1. The van der Waals surface area contributed by atoms with Crippen molar-refractivity contribution in [3.05, 3.63) is 24.0 Å². The van der Waals surface area contributed by atoms with Crippen molar-refractivity contribution in [3.63, 3.8) is 0 Å². The average molecular weight is 468 g/mol. The summed E-state index contributed by atoms with van der Waals surface area (Å²) in [6, 6.07) is 3.90. The lowest BCUT2D eigenvalue weighted by Gasteiger charge is -2.52. The minimum atomic E-state index is -3.57. The highest BCUT2D eigenvalue weighted by Crippen LogP contribution is 2.54. The van der Waals surface area contributed by atoms with Gasteiger partial charge in [-0.2, -0.15) is 0 Å². The number of sulfone groups is 1. The molecule has 1 saturated heterocycles. The lowest BCUT2D eigenvalue weighted by Crippen LogP contribution is -2.49. The van der Waals surface area contributed by atoms with E-state index >= 15 is 0 Å². The standard InChI is InChI=1S/C24H34FNO5S/c1-32(28,29)22-9-8-20(15-21(22)25)30-14-4-5-18-16-24(17-18)10-12-26(13-11-24)23(27)31-19-6-2-3-7-19/h8-9,15,18-19H,2-7,10-14,16-17H2,1H3. The summed E-state index contributed by atoms with van der Waals surface area (Å²) in [5, 5.41) is 0. The zero-order chi connectivity index (χ0) is 22.8. The summed E-state index contributed by atoms with van der Waals surface area (Å²) in [5.41, 5.74) is 0.389. The number of piperidine rings is 1. The van der Waals surface area contributed by atoms with E-state index in [0.29, 0.717) is 23.7 Å². The molecule has 0 radical (unpaired) electrons. The van der Waals surface area contributed by atoms with E-state index in [2.05, 4.69) is 0 Å². The molecule has 6 nitrogen and oxygen atoms in total. The monoisotopic (exact) mass is 467 g/mol. The molecule has 0 N–H and O–H groups in total. The van der Waals surface area contributed by atoms with Crippen LogP contribution in [0.5, 0.6) is 5.75 Å². The average Bonchev–Trinajstić information content (AvgIpc) is 3.22. The highest BCUT2D eigenvalue weighted by molar-refractivity contribution is 7.90. The molecule has 1 spiro atoms. The number of rotatable bonds is 7. The second-order valence-corrected chi connectivity index (χ2v) is 11.9. The summed E-state index contributed by atoms with van der Waals surface area (Å²) < 4.78 is 48.2. The van der Waals surface area contributed by atoms with Crippen LogP contribution in [0.2, 0.25) is 0 Å². The Hall–Kier alpha value is -1.83. The van der Waals surface area contributed by atoms with Crippen LogP contribution in [0.15, 0.2) is 23.1 Å². The van der Waals surface area contributed by atoms with Gasteiger partial charge in [0.25, 0.3) is 0 Å². The lowest BCUT2D eigenvalue weighted by atomic mass is 9.56. The zero-order valence-electron chi connectivity index (χ0n) is 18.9. The molecule has 4 rings (SSSR count). The van der Waals surface area contributed by atoms with Gasteiger partial charge >= 0.3 is 6.09 Å². The molecule has 2 aliphatic carbocycles. The minimum Gasteiger partial charge on any atom is -0.493 e. The Morgan fingerprint density at radius 1 is 1.19 bits per heavy atom. The van der Waals surface area contributed by atoms with Gasteiger partial charge in [0, 0.05) is 25.4 Å². The van der Waals surface area contributed by atoms with Crippen LogP contribution in [0.3, 0.4) is 0 Å². The van der Waals surface area contributed by atoms with Gasteiger partial charge < -0.3 is 14.4 Å². The molecular formula is C24H34FNO5S. The van der Waals surface area contributed by atoms with Gasteiger partial charge in [-0.25, -0.2) is 17.6 Å². The molecule has 0 atom stereocenters. The second-order valence-electron chi connectivity index (χ2n) is 9.91. The number of hydrogen-bond acceptors (Lipinski definition) is 5. The van der Waals surface area contributed by atoms with Crippen LogP contribution in [0.1, 0.15) is 64.2 Å². The molecule has 0 unspecified atom stereocenters. The Kier molecular flexibility index (Phi) is 6.98. The molecular weight excluding hydrogens is 433 g/mol. The minimum absolute atomic E-state index is 0.124. The molecule has 1 aromatic rings. The molecule has 1 amide bonds. The predicted molar refractivity (Wildman–Crippen MR) is 119 cm³/mol. The maximum Gasteiger partial charge on any atom is 0.410 e. The van der Waals surface area contributed by atoms with Gasteiger partial charge in [-0.15, -0.1) is 0 Å². The number of halogens is 1. The van der Waals surface area contributed by atoms with Gasteiger partial charge in [-0.3, -0.25) is 0 Å². The first kappa shape index (κ1) is 23.3. The summed E-state index contributed by atoms with van der Waals surface area (Å²) in [6.45, 7) is 2.09. The van der Waals surface area contributed by atoms with Crippen molar-refractivity contribution >= 4 is 15.9 Å². The molecule has 3 fully saturated rings. The van der Waals surface area contributed by atoms with E-state index in [1.807, 2.05) is 4.90 Å². The van der Waals surface area contributed by atoms with Crippen LogP contribution in [-0.2, 0) is 14.6 Å². The Morgan fingerprint density at radius 2 is 1.88 bits per heavy atom. The van der Waals surface area contributed by atoms with E-state index in [1.54, 1.807) is 0 Å².